The van der Waals surface area contributed by atoms with Crippen molar-refractivity contribution in [3.8, 4) is 0 Å². The number of rotatable bonds is 10. The zero-order valence-electron chi connectivity index (χ0n) is 32.5. The molecular formula is C51H57N. The van der Waals surface area contributed by atoms with Crippen molar-refractivity contribution in [3.05, 3.63) is 234 Å². The summed E-state index contributed by atoms with van der Waals surface area (Å²) in [4.78, 5) is 4.93. The van der Waals surface area contributed by atoms with Crippen LogP contribution in [0.25, 0.3) is 17.2 Å². The monoisotopic (exact) mass is 683 g/mol. The minimum atomic E-state index is 0.906. The molecule has 0 saturated heterocycles. The minimum absolute atomic E-state index is 0.906. The summed E-state index contributed by atoms with van der Waals surface area (Å²) in [5.74, 6) is 0. The number of allylic oxidation sites excluding steroid dienone is 7. The molecule has 0 unspecified atom stereocenters. The molecule has 0 spiro atoms. The Hall–Kier alpha value is -5.79. The number of nitrogens with zero attached hydrogens (tertiary/aromatic N) is 1. The Bertz CT molecular complexity index is 1970. The molecule has 0 amide bonds. The van der Waals surface area contributed by atoms with Crippen LogP contribution in [-0.4, -0.2) is 5.71 Å². The lowest BCUT2D eigenvalue weighted by atomic mass is 9.98. The van der Waals surface area contributed by atoms with E-state index in [1.54, 1.807) is 0 Å². The molecule has 266 valence electrons. The van der Waals surface area contributed by atoms with E-state index in [9.17, 15) is 0 Å². The van der Waals surface area contributed by atoms with E-state index in [1.165, 1.54) is 22.3 Å². The third-order valence-electron chi connectivity index (χ3n) is 8.43. The lowest BCUT2D eigenvalue weighted by Gasteiger charge is -2.08. The van der Waals surface area contributed by atoms with Gasteiger partial charge in [0, 0.05) is 5.71 Å². The molecule has 0 fully saturated rings. The van der Waals surface area contributed by atoms with Gasteiger partial charge in [-0.05, 0) is 116 Å². The van der Waals surface area contributed by atoms with Crippen molar-refractivity contribution in [2.45, 2.75) is 54.9 Å². The van der Waals surface area contributed by atoms with Crippen LogP contribution >= 0.6 is 0 Å². The zero-order valence-corrected chi connectivity index (χ0v) is 32.5. The highest BCUT2D eigenvalue weighted by atomic mass is 14.8. The number of benzene rings is 3. The van der Waals surface area contributed by atoms with Crippen molar-refractivity contribution in [2.24, 2.45) is 4.99 Å². The van der Waals surface area contributed by atoms with Gasteiger partial charge in [0.2, 0.25) is 0 Å². The Kier molecular flexibility index (Phi) is 19.2. The van der Waals surface area contributed by atoms with Gasteiger partial charge in [0.15, 0.2) is 0 Å². The summed E-state index contributed by atoms with van der Waals surface area (Å²) in [6.07, 6.45) is 13.4. The van der Waals surface area contributed by atoms with Gasteiger partial charge < -0.3 is 0 Å². The fourth-order valence-electron chi connectivity index (χ4n) is 5.27. The molecule has 0 aromatic heterocycles. The molecule has 1 heteroatoms. The van der Waals surface area contributed by atoms with Crippen LogP contribution in [0.3, 0.4) is 0 Å². The minimum Gasteiger partial charge on any atom is -0.253 e. The topological polar surface area (TPSA) is 12.4 Å². The molecule has 0 heterocycles. The molecule has 52 heavy (non-hydrogen) atoms. The molecule has 4 aromatic rings. The van der Waals surface area contributed by atoms with Crippen LogP contribution in [0, 0.1) is 20.8 Å². The fourth-order valence-corrected chi connectivity index (χ4v) is 5.27. The molecule has 0 bridgehead atoms. The van der Waals surface area contributed by atoms with Crippen molar-refractivity contribution in [3.63, 3.8) is 0 Å². The molecule has 0 atom stereocenters. The average Bonchev–Trinajstić information content (AvgIpc) is 3.17. The van der Waals surface area contributed by atoms with Gasteiger partial charge in [-0.15, -0.1) is 13.2 Å². The zero-order chi connectivity index (χ0) is 38.3. The Labute approximate surface area is 315 Å². The maximum absolute atomic E-state index is 4.93. The molecular weight excluding hydrogens is 627 g/mol. The fraction of sp³-hybridized carbons (Fsp3) is 0.157. The Balaban J connectivity index is 0.000000813. The maximum atomic E-state index is 4.93. The van der Waals surface area contributed by atoms with Gasteiger partial charge in [-0.3, -0.25) is 4.99 Å². The van der Waals surface area contributed by atoms with Gasteiger partial charge in [0.25, 0.3) is 0 Å². The van der Waals surface area contributed by atoms with Gasteiger partial charge in [-0.1, -0.05) is 171 Å². The third kappa shape index (κ3) is 13.8. The molecule has 0 aliphatic carbocycles. The van der Waals surface area contributed by atoms with Gasteiger partial charge in [-0.25, -0.2) is 0 Å². The van der Waals surface area contributed by atoms with Gasteiger partial charge in [0.1, 0.15) is 0 Å². The summed E-state index contributed by atoms with van der Waals surface area (Å²) < 4.78 is 0. The van der Waals surface area contributed by atoms with Crippen molar-refractivity contribution in [1.29, 1.82) is 0 Å². The van der Waals surface area contributed by atoms with Crippen molar-refractivity contribution in [1.82, 2.24) is 0 Å². The highest BCUT2D eigenvalue weighted by Crippen LogP contribution is 2.23. The summed E-state index contributed by atoms with van der Waals surface area (Å²) in [5, 5.41) is 0. The highest BCUT2D eigenvalue weighted by Gasteiger charge is 2.05. The lowest BCUT2D eigenvalue weighted by Crippen LogP contribution is -1.97. The molecule has 0 aliphatic rings. The maximum Gasteiger partial charge on any atom is 0.0658 e. The van der Waals surface area contributed by atoms with Crippen LogP contribution in [0.15, 0.2) is 194 Å². The predicted molar refractivity (Wildman–Crippen MR) is 234 cm³/mol. The third-order valence-corrected chi connectivity index (χ3v) is 8.43. The van der Waals surface area contributed by atoms with Crippen molar-refractivity contribution < 1.29 is 0 Å². The highest BCUT2D eigenvalue weighted by molar-refractivity contribution is 6.00. The second-order valence-corrected chi connectivity index (χ2v) is 12.1. The summed E-state index contributed by atoms with van der Waals surface area (Å²) in [6.45, 7) is 29.0. The Morgan fingerprint density at radius 3 is 1.85 bits per heavy atom. The quantitative estimate of drug-likeness (QED) is 0.0896. The standard InChI is InChI=1S/C41H43N.C8H10.C2H4/c1-8-18-36(10-3)41(11-4)42-33(7)39-23-17-24-40(30-39)35(9-2)27-25-34-20-14-12-13-15-21-37(28-26-34)32(6)38-22-16-19-31(5)29-38;1-7-5-3-4-6-8(7)2;1-2/h8-9,11-30H,4,6,10H2,1-3,5,7H3;3-6H,1-2H3;1-2H2/b13-12?,14-12?,15-13?,18-8-,20-14?,21-15?,27-25-,28-26?,34-20?,34-26?,35-9+,37-21?,37-28?,41-36+,42-33?;;. The smallest absolute Gasteiger partial charge is 0.0658 e. The van der Waals surface area contributed by atoms with E-state index in [4.69, 9.17) is 4.99 Å². The van der Waals surface area contributed by atoms with Crippen LogP contribution in [0.2, 0.25) is 0 Å². The van der Waals surface area contributed by atoms with Gasteiger partial charge in [-0.2, -0.15) is 0 Å². The first-order chi connectivity index (χ1) is 25.2. The average molecular weight is 684 g/mol. The van der Waals surface area contributed by atoms with Crippen molar-refractivity contribution >= 4 is 22.9 Å². The van der Waals surface area contributed by atoms with Gasteiger partial charge >= 0.3 is 0 Å². The number of hydrogen-bond donors (Lipinski definition) is 0. The molecule has 0 N–H and O–H groups in total. The van der Waals surface area contributed by atoms with Crippen LogP contribution in [0.4, 0.5) is 0 Å². The first-order valence-corrected chi connectivity index (χ1v) is 17.9. The molecule has 0 saturated carbocycles. The van der Waals surface area contributed by atoms with Crippen LogP contribution in [-0.2, 0) is 0 Å². The van der Waals surface area contributed by atoms with E-state index in [1.807, 2.05) is 31.2 Å². The molecule has 4 rings (SSSR count). The summed E-state index contributed by atoms with van der Waals surface area (Å²) >= 11 is 0. The van der Waals surface area contributed by atoms with E-state index in [-0.39, 0.29) is 0 Å². The van der Waals surface area contributed by atoms with Gasteiger partial charge in [0.05, 0.1) is 5.70 Å². The first kappa shape index (κ1) is 42.4. The van der Waals surface area contributed by atoms with E-state index in [0.717, 1.165) is 56.8 Å². The number of hydrogen-bond acceptors (Lipinski definition) is 1. The van der Waals surface area contributed by atoms with Crippen molar-refractivity contribution in [2.75, 3.05) is 0 Å². The van der Waals surface area contributed by atoms with E-state index in [2.05, 4.69) is 201 Å². The molecule has 4 aromatic carbocycles. The number of aliphatic imine (C=N–C) groups is 1. The Morgan fingerprint density at radius 2 is 1.25 bits per heavy atom. The summed E-state index contributed by atoms with van der Waals surface area (Å²) in [6, 6.07) is 42.1. The lowest BCUT2D eigenvalue weighted by molar-refractivity contribution is 1.11. The van der Waals surface area contributed by atoms with Crippen LogP contribution < -0.4 is 0 Å². The van der Waals surface area contributed by atoms with E-state index in [0.29, 0.717) is 0 Å². The second-order valence-electron chi connectivity index (χ2n) is 12.1. The first-order valence-electron chi connectivity index (χ1n) is 17.9. The largest absolute Gasteiger partial charge is 0.253 e. The second kappa shape index (κ2) is 23.6. The molecule has 0 radical (unpaired) electrons. The van der Waals surface area contributed by atoms with Crippen LogP contribution in [0.5, 0.6) is 0 Å². The molecule has 1 nitrogen and oxygen atoms in total. The Morgan fingerprint density at radius 1 is 0.654 bits per heavy atom. The molecule has 0 aliphatic heterocycles. The van der Waals surface area contributed by atoms with E-state index >= 15 is 0 Å². The van der Waals surface area contributed by atoms with Crippen LogP contribution in [0.1, 0.15) is 78.6 Å². The SMILES string of the molecule is C=C.C=C/C(N=C(C)c1cccc(C(/C=C\c2ccccccc(C(=C)c3cccc(C)c3)cc2)=C/C)c1)=C(\C=C/C)CC.Cc1ccccc1C. The normalized spacial score (nSPS) is 11.8. The number of aryl methyl sites for hydroxylation is 3. The van der Waals surface area contributed by atoms with E-state index < -0.39 is 0 Å². The summed E-state index contributed by atoms with van der Waals surface area (Å²) in [5.41, 5.74) is 14.7. The summed E-state index contributed by atoms with van der Waals surface area (Å²) in [7, 11) is 0. The predicted octanol–water partition coefficient (Wildman–Crippen LogP) is 14.6.